The zero-order chi connectivity index (χ0) is 17.6. The van der Waals surface area contributed by atoms with Gasteiger partial charge in [-0.1, -0.05) is 43.0 Å². The lowest BCUT2D eigenvalue weighted by Gasteiger charge is -2.12. The standard InChI is InChI=1S/C20H21FN2O2/c1-2-10-25-19-9-4-3-6-15(19)13-22-20(24)23-18-12-17(18)14-7-5-8-16(21)11-14/h2-9,11,17-18H,1,10,12-13H2,(H2,22,23,24). The summed E-state index contributed by atoms with van der Waals surface area (Å²) in [5.74, 6) is 0.667. The Morgan fingerprint density at radius 3 is 2.92 bits per heavy atom. The van der Waals surface area contributed by atoms with Crippen molar-refractivity contribution in [1.29, 1.82) is 0 Å². The average Bonchev–Trinajstić information content (AvgIpc) is 3.38. The van der Waals surface area contributed by atoms with E-state index in [0.717, 1.165) is 23.3 Å². The van der Waals surface area contributed by atoms with Crippen molar-refractivity contribution in [3.05, 3.63) is 78.1 Å². The number of carbonyl (C=O) groups excluding carboxylic acids is 1. The molecule has 1 saturated carbocycles. The van der Waals surface area contributed by atoms with Crippen LogP contribution in [0.4, 0.5) is 9.18 Å². The van der Waals surface area contributed by atoms with Crippen molar-refractivity contribution in [3.8, 4) is 5.75 Å². The fraction of sp³-hybridized carbons (Fsp3) is 0.250. The number of carbonyl (C=O) groups is 1. The lowest BCUT2D eigenvalue weighted by atomic mass is 10.1. The number of rotatable bonds is 7. The molecule has 2 aromatic carbocycles. The zero-order valence-corrected chi connectivity index (χ0v) is 13.9. The summed E-state index contributed by atoms with van der Waals surface area (Å²) in [6.45, 7) is 4.42. The summed E-state index contributed by atoms with van der Waals surface area (Å²) in [6, 6.07) is 13.9. The number of para-hydroxylation sites is 1. The number of hydrogen-bond acceptors (Lipinski definition) is 2. The number of urea groups is 1. The minimum atomic E-state index is -0.247. The first-order valence-electron chi connectivity index (χ1n) is 8.29. The molecule has 2 N–H and O–H groups in total. The predicted octanol–water partition coefficient (Wildman–Crippen LogP) is 3.75. The molecule has 0 radical (unpaired) electrons. The van der Waals surface area contributed by atoms with E-state index in [0.29, 0.717) is 13.2 Å². The minimum absolute atomic E-state index is 0.0501. The third-order valence-electron chi connectivity index (χ3n) is 4.15. The van der Waals surface area contributed by atoms with Gasteiger partial charge in [0.1, 0.15) is 18.2 Å². The van der Waals surface area contributed by atoms with Gasteiger partial charge in [-0.05, 0) is 30.2 Å². The molecular formula is C20H21FN2O2. The molecule has 130 valence electrons. The van der Waals surface area contributed by atoms with Crippen molar-refractivity contribution in [1.82, 2.24) is 10.6 Å². The van der Waals surface area contributed by atoms with Crippen molar-refractivity contribution in [2.75, 3.05) is 6.61 Å². The van der Waals surface area contributed by atoms with Gasteiger partial charge in [-0.2, -0.15) is 0 Å². The van der Waals surface area contributed by atoms with Gasteiger partial charge in [0.05, 0.1) is 0 Å². The van der Waals surface area contributed by atoms with Crippen LogP contribution in [0.25, 0.3) is 0 Å². The maximum atomic E-state index is 13.3. The van der Waals surface area contributed by atoms with Crippen molar-refractivity contribution in [2.24, 2.45) is 0 Å². The van der Waals surface area contributed by atoms with Crippen molar-refractivity contribution in [2.45, 2.75) is 24.9 Å². The quantitative estimate of drug-likeness (QED) is 0.754. The van der Waals surface area contributed by atoms with E-state index >= 15 is 0 Å². The van der Waals surface area contributed by atoms with Gasteiger partial charge in [0.15, 0.2) is 0 Å². The Hall–Kier alpha value is -2.82. The summed E-state index contributed by atoms with van der Waals surface area (Å²) < 4.78 is 18.8. The molecule has 1 fully saturated rings. The van der Waals surface area contributed by atoms with E-state index in [2.05, 4.69) is 17.2 Å². The van der Waals surface area contributed by atoms with Gasteiger partial charge >= 0.3 is 6.03 Å². The number of amides is 2. The minimum Gasteiger partial charge on any atom is -0.489 e. The van der Waals surface area contributed by atoms with Crippen LogP contribution in [0.3, 0.4) is 0 Å². The van der Waals surface area contributed by atoms with Crippen LogP contribution in [0.1, 0.15) is 23.5 Å². The van der Waals surface area contributed by atoms with E-state index in [1.807, 2.05) is 30.3 Å². The molecule has 4 nitrogen and oxygen atoms in total. The Labute approximate surface area is 146 Å². The maximum absolute atomic E-state index is 13.3. The smallest absolute Gasteiger partial charge is 0.315 e. The summed E-state index contributed by atoms with van der Waals surface area (Å²) in [7, 11) is 0. The zero-order valence-electron chi connectivity index (χ0n) is 13.9. The van der Waals surface area contributed by atoms with Crippen molar-refractivity contribution >= 4 is 6.03 Å². The number of ether oxygens (including phenoxy) is 1. The van der Waals surface area contributed by atoms with Crippen LogP contribution >= 0.6 is 0 Å². The predicted molar refractivity (Wildman–Crippen MR) is 95.1 cm³/mol. The van der Waals surface area contributed by atoms with Crippen LogP contribution in [0.2, 0.25) is 0 Å². The Morgan fingerprint density at radius 2 is 2.12 bits per heavy atom. The largest absolute Gasteiger partial charge is 0.489 e. The lowest BCUT2D eigenvalue weighted by Crippen LogP contribution is -2.37. The fourth-order valence-electron chi connectivity index (χ4n) is 2.79. The van der Waals surface area contributed by atoms with Gasteiger partial charge in [0.25, 0.3) is 0 Å². The van der Waals surface area contributed by atoms with E-state index in [9.17, 15) is 9.18 Å². The van der Waals surface area contributed by atoms with Crippen LogP contribution in [0, 0.1) is 5.82 Å². The second-order valence-electron chi connectivity index (χ2n) is 6.04. The SMILES string of the molecule is C=CCOc1ccccc1CNC(=O)NC1CC1c1cccc(F)c1. The molecular weight excluding hydrogens is 319 g/mol. The average molecular weight is 340 g/mol. The first-order valence-corrected chi connectivity index (χ1v) is 8.29. The van der Waals surface area contributed by atoms with E-state index in [1.54, 1.807) is 12.1 Å². The molecule has 2 amide bonds. The monoisotopic (exact) mass is 340 g/mol. The third-order valence-corrected chi connectivity index (χ3v) is 4.15. The second kappa shape index (κ2) is 7.83. The molecule has 0 spiro atoms. The normalized spacial score (nSPS) is 18.3. The summed E-state index contributed by atoms with van der Waals surface area (Å²) in [5, 5.41) is 5.77. The number of nitrogens with one attached hydrogen (secondary N) is 2. The van der Waals surface area contributed by atoms with Crippen LogP contribution < -0.4 is 15.4 Å². The van der Waals surface area contributed by atoms with Gasteiger partial charge in [0, 0.05) is 24.1 Å². The van der Waals surface area contributed by atoms with Crippen LogP contribution in [-0.2, 0) is 6.54 Å². The summed E-state index contributed by atoms with van der Waals surface area (Å²) in [5.41, 5.74) is 1.82. The fourth-order valence-corrected chi connectivity index (χ4v) is 2.79. The molecule has 0 heterocycles. The van der Waals surface area contributed by atoms with Gasteiger partial charge < -0.3 is 15.4 Å². The van der Waals surface area contributed by atoms with Gasteiger partial charge in [-0.3, -0.25) is 0 Å². The molecule has 2 aromatic rings. The van der Waals surface area contributed by atoms with Gasteiger partial charge in [-0.15, -0.1) is 0 Å². The summed E-state index contributed by atoms with van der Waals surface area (Å²) >= 11 is 0. The highest BCUT2D eigenvalue weighted by Crippen LogP contribution is 2.40. The Balaban J connectivity index is 1.49. The topological polar surface area (TPSA) is 50.4 Å². The van der Waals surface area contributed by atoms with Gasteiger partial charge in [-0.25, -0.2) is 9.18 Å². The summed E-state index contributed by atoms with van der Waals surface area (Å²) in [4.78, 5) is 12.1. The Bertz CT molecular complexity index is 763. The molecule has 2 atom stereocenters. The number of benzene rings is 2. The number of halogens is 1. The molecule has 3 rings (SSSR count). The first kappa shape index (κ1) is 17.0. The Morgan fingerprint density at radius 1 is 1.28 bits per heavy atom. The van der Waals surface area contributed by atoms with Crippen LogP contribution in [-0.4, -0.2) is 18.7 Å². The lowest BCUT2D eigenvalue weighted by molar-refractivity contribution is 0.239. The number of hydrogen-bond donors (Lipinski definition) is 2. The second-order valence-corrected chi connectivity index (χ2v) is 6.04. The molecule has 0 bridgehead atoms. The highest BCUT2D eigenvalue weighted by molar-refractivity contribution is 5.75. The molecule has 0 saturated heterocycles. The third kappa shape index (κ3) is 4.59. The highest BCUT2D eigenvalue weighted by atomic mass is 19.1. The van der Waals surface area contributed by atoms with E-state index in [-0.39, 0.29) is 23.8 Å². The first-order chi connectivity index (χ1) is 12.2. The van der Waals surface area contributed by atoms with Crippen LogP contribution in [0.15, 0.2) is 61.2 Å². The van der Waals surface area contributed by atoms with Crippen molar-refractivity contribution < 1.29 is 13.9 Å². The Kier molecular flexibility index (Phi) is 5.33. The molecule has 0 aliphatic heterocycles. The van der Waals surface area contributed by atoms with Gasteiger partial charge in [0.2, 0.25) is 0 Å². The highest BCUT2D eigenvalue weighted by Gasteiger charge is 2.39. The van der Waals surface area contributed by atoms with Crippen LogP contribution in [0.5, 0.6) is 5.75 Å². The summed E-state index contributed by atoms with van der Waals surface area (Å²) in [6.07, 6.45) is 2.51. The van der Waals surface area contributed by atoms with E-state index in [1.165, 1.54) is 12.1 Å². The molecule has 25 heavy (non-hydrogen) atoms. The molecule has 5 heteroatoms. The molecule has 0 aromatic heterocycles. The van der Waals surface area contributed by atoms with E-state index < -0.39 is 0 Å². The molecule has 2 unspecified atom stereocenters. The molecule has 1 aliphatic rings. The maximum Gasteiger partial charge on any atom is 0.315 e. The van der Waals surface area contributed by atoms with E-state index in [4.69, 9.17) is 4.74 Å². The van der Waals surface area contributed by atoms with Crippen molar-refractivity contribution in [3.63, 3.8) is 0 Å². The molecule has 1 aliphatic carbocycles.